The van der Waals surface area contributed by atoms with Crippen LogP contribution in [-0.2, 0) is 0 Å². The molecule has 0 aliphatic carbocycles. The molecular weight excluding hydrogens is 348 g/mol. The van der Waals surface area contributed by atoms with E-state index in [1.807, 2.05) is 30.6 Å². The maximum absolute atomic E-state index is 11.6. The summed E-state index contributed by atoms with van der Waals surface area (Å²) in [5.74, 6) is -0.988. The van der Waals surface area contributed by atoms with Crippen LogP contribution >= 0.6 is 11.8 Å². The van der Waals surface area contributed by atoms with Crippen LogP contribution in [0.4, 0.5) is 5.69 Å². The van der Waals surface area contributed by atoms with E-state index in [0.717, 1.165) is 5.56 Å². The van der Waals surface area contributed by atoms with E-state index in [-0.39, 0.29) is 5.56 Å². The maximum atomic E-state index is 11.6. The SMILES string of the molecule is CSC(=Nc1ccc(-c2cc(C(=O)O)c3ccccc3n2)cc1)NC#N. The fourth-order valence-electron chi connectivity index (χ4n) is 2.50. The summed E-state index contributed by atoms with van der Waals surface area (Å²) in [7, 11) is 0. The van der Waals surface area contributed by atoms with Crippen LogP contribution in [0.5, 0.6) is 0 Å². The summed E-state index contributed by atoms with van der Waals surface area (Å²) in [6, 6.07) is 16.0. The van der Waals surface area contributed by atoms with Crippen LogP contribution in [0, 0.1) is 11.5 Å². The Balaban J connectivity index is 2.02. The van der Waals surface area contributed by atoms with Crippen molar-refractivity contribution < 1.29 is 9.90 Å². The van der Waals surface area contributed by atoms with Gasteiger partial charge in [0.05, 0.1) is 22.5 Å². The highest BCUT2D eigenvalue weighted by Crippen LogP contribution is 2.26. The van der Waals surface area contributed by atoms with Crippen molar-refractivity contribution in [2.75, 3.05) is 6.26 Å². The molecule has 0 saturated carbocycles. The Morgan fingerprint density at radius 3 is 2.62 bits per heavy atom. The Labute approximate surface area is 154 Å². The van der Waals surface area contributed by atoms with Gasteiger partial charge in [-0.3, -0.25) is 5.32 Å². The van der Waals surface area contributed by atoms with Crippen LogP contribution in [-0.4, -0.2) is 27.5 Å². The highest BCUT2D eigenvalue weighted by Gasteiger charge is 2.12. The average molecular weight is 362 g/mol. The molecule has 128 valence electrons. The lowest BCUT2D eigenvalue weighted by molar-refractivity contribution is 0.0699. The minimum absolute atomic E-state index is 0.218. The first-order valence-electron chi connectivity index (χ1n) is 7.63. The average Bonchev–Trinajstić information content (AvgIpc) is 2.67. The summed E-state index contributed by atoms with van der Waals surface area (Å²) in [6.07, 6.45) is 3.67. The Hall–Kier alpha value is -3.37. The Bertz CT molecular complexity index is 1040. The van der Waals surface area contributed by atoms with Crippen molar-refractivity contribution in [3.63, 3.8) is 0 Å². The van der Waals surface area contributed by atoms with Crippen LogP contribution < -0.4 is 5.32 Å². The topological polar surface area (TPSA) is 98.4 Å². The van der Waals surface area contributed by atoms with E-state index in [9.17, 15) is 9.90 Å². The second kappa shape index (κ2) is 7.68. The van der Waals surface area contributed by atoms with E-state index < -0.39 is 5.97 Å². The number of aromatic carboxylic acids is 1. The van der Waals surface area contributed by atoms with Crippen LogP contribution in [0.2, 0.25) is 0 Å². The number of benzene rings is 2. The van der Waals surface area contributed by atoms with Gasteiger partial charge in [0.25, 0.3) is 0 Å². The molecule has 0 radical (unpaired) electrons. The van der Waals surface area contributed by atoms with Crippen LogP contribution in [0.25, 0.3) is 22.2 Å². The number of aliphatic imine (C=N–C) groups is 1. The molecule has 0 aliphatic heterocycles. The van der Waals surface area contributed by atoms with Gasteiger partial charge in [-0.1, -0.05) is 42.1 Å². The van der Waals surface area contributed by atoms with Crippen LogP contribution in [0.15, 0.2) is 59.6 Å². The van der Waals surface area contributed by atoms with E-state index in [0.29, 0.717) is 27.5 Å². The van der Waals surface area contributed by atoms with Gasteiger partial charge in [-0.15, -0.1) is 0 Å². The zero-order valence-corrected chi connectivity index (χ0v) is 14.6. The Morgan fingerprint density at radius 2 is 1.96 bits per heavy atom. The van der Waals surface area contributed by atoms with Crippen molar-refractivity contribution >= 4 is 39.5 Å². The zero-order chi connectivity index (χ0) is 18.5. The highest BCUT2D eigenvalue weighted by atomic mass is 32.2. The number of hydrogen-bond acceptors (Lipinski definition) is 5. The number of hydrogen-bond donors (Lipinski definition) is 2. The van der Waals surface area contributed by atoms with Gasteiger partial charge >= 0.3 is 5.97 Å². The predicted molar refractivity (Wildman–Crippen MR) is 103 cm³/mol. The number of pyridine rings is 1. The molecule has 0 amide bonds. The molecule has 0 spiro atoms. The Kier molecular flexibility index (Phi) is 5.15. The number of carbonyl (C=O) groups is 1. The molecule has 3 rings (SSSR count). The van der Waals surface area contributed by atoms with Crippen LogP contribution in [0.3, 0.4) is 0 Å². The molecule has 0 unspecified atom stereocenters. The number of para-hydroxylation sites is 1. The molecule has 1 heterocycles. The highest BCUT2D eigenvalue weighted by molar-refractivity contribution is 8.13. The third-order valence-corrected chi connectivity index (χ3v) is 4.28. The molecule has 0 aliphatic rings. The van der Waals surface area contributed by atoms with Crippen molar-refractivity contribution in [3.8, 4) is 17.5 Å². The molecule has 2 aromatic carbocycles. The number of thioether (sulfide) groups is 1. The van der Waals surface area contributed by atoms with Gasteiger partial charge in [0, 0.05) is 10.9 Å². The molecule has 6 nitrogen and oxygen atoms in total. The van der Waals surface area contributed by atoms with Gasteiger partial charge < -0.3 is 5.11 Å². The van der Waals surface area contributed by atoms with Gasteiger partial charge in [-0.05, 0) is 30.5 Å². The predicted octanol–water partition coefficient (Wildman–Crippen LogP) is 4.02. The summed E-state index contributed by atoms with van der Waals surface area (Å²) in [4.78, 5) is 20.5. The van der Waals surface area contributed by atoms with Gasteiger partial charge in [-0.25, -0.2) is 14.8 Å². The first-order chi connectivity index (χ1) is 12.6. The van der Waals surface area contributed by atoms with E-state index in [4.69, 9.17) is 5.26 Å². The van der Waals surface area contributed by atoms with Gasteiger partial charge in [0.1, 0.15) is 0 Å². The molecule has 26 heavy (non-hydrogen) atoms. The van der Waals surface area contributed by atoms with Crippen molar-refractivity contribution in [1.82, 2.24) is 10.3 Å². The lowest BCUT2D eigenvalue weighted by Gasteiger charge is -2.07. The molecule has 1 aromatic heterocycles. The third kappa shape index (κ3) is 3.66. The zero-order valence-electron chi connectivity index (χ0n) is 13.8. The Morgan fingerprint density at radius 1 is 1.23 bits per heavy atom. The number of rotatable bonds is 3. The maximum Gasteiger partial charge on any atom is 0.336 e. The van der Waals surface area contributed by atoms with E-state index in [2.05, 4.69) is 15.3 Å². The van der Waals surface area contributed by atoms with Crippen molar-refractivity contribution in [2.24, 2.45) is 4.99 Å². The number of nitrogens with one attached hydrogen (secondary N) is 1. The summed E-state index contributed by atoms with van der Waals surface area (Å²) in [5.41, 5.74) is 2.90. The normalized spacial score (nSPS) is 11.2. The first kappa shape index (κ1) is 17.5. The van der Waals surface area contributed by atoms with E-state index >= 15 is 0 Å². The first-order valence-corrected chi connectivity index (χ1v) is 8.86. The van der Waals surface area contributed by atoms with Crippen molar-refractivity contribution in [3.05, 3.63) is 60.2 Å². The summed E-state index contributed by atoms with van der Waals surface area (Å²) >= 11 is 1.34. The second-order valence-corrected chi connectivity index (χ2v) is 6.08. The number of nitrogens with zero attached hydrogens (tertiary/aromatic N) is 3. The number of carboxylic acids is 1. The largest absolute Gasteiger partial charge is 0.478 e. The number of carboxylic acid groups (broad SMARTS) is 1. The summed E-state index contributed by atoms with van der Waals surface area (Å²) in [5, 5.41) is 21.8. The van der Waals surface area contributed by atoms with E-state index in [1.165, 1.54) is 11.8 Å². The molecule has 0 fully saturated rings. The number of nitriles is 1. The van der Waals surface area contributed by atoms with Gasteiger partial charge in [-0.2, -0.15) is 5.26 Å². The number of aromatic nitrogens is 1. The molecule has 2 N–H and O–H groups in total. The standard InChI is InChI=1S/C19H14N4O2S/c1-26-19(21-11-20)22-13-8-6-12(7-9-13)17-10-15(18(24)25)14-4-2-3-5-16(14)23-17/h2-10H,1H3,(H,21,22)(H,24,25). The molecular formula is C19H14N4O2S. The van der Waals surface area contributed by atoms with Crippen molar-refractivity contribution in [2.45, 2.75) is 0 Å². The summed E-state index contributed by atoms with van der Waals surface area (Å²) < 4.78 is 0. The fraction of sp³-hybridized carbons (Fsp3) is 0.0526. The van der Waals surface area contributed by atoms with Crippen molar-refractivity contribution in [1.29, 1.82) is 5.26 Å². The monoisotopic (exact) mass is 362 g/mol. The molecule has 7 heteroatoms. The molecule has 0 bridgehead atoms. The molecule has 3 aromatic rings. The van der Waals surface area contributed by atoms with Gasteiger partial charge in [0.15, 0.2) is 11.4 Å². The second-order valence-electron chi connectivity index (χ2n) is 5.28. The smallest absolute Gasteiger partial charge is 0.336 e. The van der Waals surface area contributed by atoms with Gasteiger partial charge in [0.2, 0.25) is 0 Å². The number of fused-ring (bicyclic) bond motifs is 1. The fourth-order valence-corrected chi connectivity index (χ4v) is 2.84. The number of amidine groups is 1. The molecule has 0 atom stereocenters. The minimum atomic E-state index is -0.988. The quantitative estimate of drug-likeness (QED) is 0.316. The molecule has 0 saturated heterocycles. The summed E-state index contributed by atoms with van der Waals surface area (Å²) in [6.45, 7) is 0. The minimum Gasteiger partial charge on any atom is -0.478 e. The van der Waals surface area contributed by atoms with E-state index in [1.54, 1.807) is 36.4 Å². The lowest BCUT2D eigenvalue weighted by Crippen LogP contribution is -2.12. The lowest BCUT2D eigenvalue weighted by atomic mass is 10.0. The third-order valence-electron chi connectivity index (χ3n) is 3.70. The van der Waals surface area contributed by atoms with Crippen LogP contribution in [0.1, 0.15) is 10.4 Å².